The van der Waals surface area contributed by atoms with E-state index in [2.05, 4.69) is 17.3 Å². The topological polar surface area (TPSA) is 52.7 Å². The molecule has 1 saturated heterocycles. The van der Waals surface area contributed by atoms with Crippen LogP contribution in [0, 0.1) is 5.92 Å². The Hall–Kier alpha value is -1.10. The van der Waals surface area contributed by atoms with Crippen LogP contribution in [-0.4, -0.2) is 60.9 Å². The average Bonchev–Trinajstić information content (AvgIpc) is 2.98. The maximum absolute atomic E-state index is 12.5. The van der Waals surface area contributed by atoms with E-state index >= 15 is 0 Å². The molecule has 144 valence electrons. The van der Waals surface area contributed by atoms with Gasteiger partial charge in [0.25, 0.3) is 0 Å². The first-order valence-electron chi connectivity index (χ1n) is 10.3. The van der Waals surface area contributed by atoms with E-state index in [1.807, 2.05) is 11.8 Å². The van der Waals surface area contributed by atoms with Gasteiger partial charge in [-0.15, -0.1) is 0 Å². The Bertz CT molecular complexity index is 419. The number of hydrogen-bond donors (Lipinski definition) is 1. The molecule has 0 bridgehead atoms. The van der Waals surface area contributed by atoms with Gasteiger partial charge in [0.15, 0.2) is 0 Å². The summed E-state index contributed by atoms with van der Waals surface area (Å²) in [7, 11) is 2.14. The second-order valence-electron chi connectivity index (χ2n) is 7.96. The van der Waals surface area contributed by atoms with Crippen molar-refractivity contribution >= 4 is 11.8 Å². The van der Waals surface area contributed by atoms with E-state index < -0.39 is 0 Å². The second kappa shape index (κ2) is 10.8. The van der Waals surface area contributed by atoms with E-state index in [9.17, 15) is 9.59 Å². The molecule has 5 nitrogen and oxygen atoms in total. The molecule has 1 atom stereocenters. The summed E-state index contributed by atoms with van der Waals surface area (Å²) in [4.78, 5) is 29.0. The van der Waals surface area contributed by atoms with Crippen LogP contribution in [0.3, 0.4) is 0 Å². The van der Waals surface area contributed by atoms with Crippen molar-refractivity contribution in [1.82, 2.24) is 15.1 Å². The van der Waals surface area contributed by atoms with Crippen molar-refractivity contribution < 1.29 is 9.59 Å². The fraction of sp³-hybridized carbons (Fsp3) is 0.900. The van der Waals surface area contributed by atoms with Crippen molar-refractivity contribution in [3.63, 3.8) is 0 Å². The fourth-order valence-corrected chi connectivity index (χ4v) is 4.17. The zero-order chi connectivity index (χ0) is 18.1. The van der Waals surface area contributed by atoms with Gasteiger partial charge in [-0.2, -0.15) is 0 Å². The van der Waals surface area contributed by atoms with Crippen LogP contribution in [-0.2, 0) is 9.59 Å². The maximum atomic E-state index is 12.5. The van der Waals surface area contributed by atoms with Gasteiger partial charge in [-0.1, -0.05) is 32.1 Å². The zero-order valence-electron chi connectivity index (χ0n) is 16.3. The Morgan fingerprint density at radius 3 is 2.32 bits per heavy atom. The molecule has 0 aromatic rings. The molecule has 1 aliphatic heterocycles. The molecule has 5 heteroatoms. The average molecular weight is 352 g/mol. The van der Waals surface area contributed by atoms with Gasteiger partial charge in [-0.05, 0) is 45.7 Å². The van der Waals surface area contributed by atoms with E-state index in [-0.39, 0.29) is 11.8 Å². The summed E-state index contributed by atoms with van der Waals surface area (Å²) in [6, 6.07) is 0.319. The van der Waals surface area contributed by atoms with Gasteiger partial charge in [0.05, 0.1) is 0 Å². The molecule has 1 saturated carbocycles. The Balaban J connectivity index is 1.68. The molecule has 0 aromatic carbocycles. The summed E-state index contributed by atoms with van der Waals surface area (Å²) in [6.07, 6.45) is 10.4. The third kappa shape index (κ3) is 7.35. The molecule has 2 rings (SSSR count). The summed E-state index contributed by atoms with van der Waals surface area (Å²) in [5.74, 6) is 0.762. The van der Waals surface area contributed by atoms with Crippen molar-refractivity contribution in [2.75, 3.05) is 33.2 Å². The van der Waals surface area contributed by atoms with Crippen LogP contribution in [0.15, 0.2) is 0 Å². The van der Waals surface area contributed by atoms with Crippen LogP contribution in [0.5, 0.6) is 0 Å². The summed E-state index contributed by atoms with van der Waals surface area (Å²) in [5, 5.41) is 3.16. The highest BCUT2D eigenvalue weighted by Crippen LogP contribution is 2.18. The Kier molecular flexibility index (Phi) is 8.73. The van der Waals surface area contributed by atoms with Gasteiger partial charge in [0.1, 0.15) is 0 Å². The molecular weight excluding hydrogens is 314 g/mol. The van der Waals surface area contributed by atoms with Crippen LogP contribution in [0.4, 0.5) is 0 Å². The Morgan fingerprint density at radius 1 is 1.04 bits per heavy atom. The SMILES string of the molecule is CCN(C[C@@H]1CCN(C)C1)C(=O)CCC(=O)NC1CCCCCCC1. The van der Waals surface area contributed by atoms with Crippen LogP contribution >= 0.6 is 0 Å². The van der Waals surface area contributed by atoms with Crippen molar-refractivity contribution in [2.24, 2.45) is 5.92 Å². The van der Waals surface area contributed by atoms with E-state index in [1.165, 1.54) is 38.5 Å². The summed E-state index contributed by atoms with van der Waals surface area (Å²) >= 11 is 0. The van der Waals surface area contributed by atoms with Crippen LogP contribution in [0.1, 0.15) is 71.1 Å². The molecule has 0 unspecified atom stereocenters. The Labute approximate surface area is 153 Å². The predicted molar refractivity (Wildman–Crippen MR) is 101 cm³/mol. The largest absolute Gasteiger partial charge is 0.353 e. The highest BCUT2D eigenvalue weighted by Gasteiger charge is 2.24. The monoisotopic (exact) mass is 351 g/mol. The molecule has 1 aliphatic carbocycles. The number of nitrogens with zero attached hydrogens (tertiary/aromatic N) is 2. The first-order valence-corrected chi connectivity index (χ1v) is 10.3. The molecule has 2 fully saturated rings. The maximum Gasteiger partial charge on any atom is 0.223 e. The minimum atomic E-state index is 0.0515. The second-order valence-corrected chi connectivity index (χ2v) is 7.96. The third-order valence-corrected chi connectivity index (χ3v) is 5.74. The number of nitrogens with one attached hydrogen (secondary N) is 1. The van der Waals surface area contributed by atoms with E-state index in [0.717, 1.165) is 39.0 Å². The highest BCUT2D eigenvalue weighted by molar-refractivity contribution is 5.83. The van der Waals surface area contributed by atoms with Crippen molar-refractivity contribution in [1.29, 1.82) is 0 Å². The first-order chi connectivity index (χ1) is 12.1. The minimum absolute atomic E-state index is 0.0515. The fourth-order valence-electron chi connectivity index (χ4n) is 4.17. The van der Waals surface area contributed by atoms with Crippen molar-refractivity contribution in [2.45, 2.75) is 77.2 Å². The predicted octanol–water partition coefficient (Wildman–Crippen LogP) is 2.80. The number of carbonyl (C=O) groups excluding carboxylic acids is 2. The number of rotatable bonds is 7. The number of likely N-dealkylation sites (tertiary alicyclic amines) is 1. The molecule has 2 amide bonds. The summed E-state index contributed by atoms with van der Waals surface area (Å²) in [5.41, 5.74) is 0. The standard InChI is InChI=1S/C20H37N3O2/c1-3-23(16-17-13-14-22(2)15-17)20(25)12-11-19(24)21-18-9-7-5-4-6-8-10-18/h17-18H,3-16H2,1-2H3,(H,21,24)/t17-/m1/s1. The lowest BCUT2D eigenvalue weighted by Gasteiger charge is -2.25. The molecule has 2 aliphatic rings. The van der Waals surface area contributed by atoms with Gasteiger partial charge in [-0.25, -0.2) is 0 Å². The number of hydrogen-bond acceptors (Lipinski definition) is 3. The minimum Gasteiger partial charge on any atom is -0.353 e. The van der Waals surface area contributed by atoms with E-state index in [0.29, 0.717) is 24.8 Å². The van der Waals surface area contributed by atoms with Crippen LogP contribution in [0.25, 0.3) is 0 Å². The molecule has 1 N–H and O–H groups in total. The van der Waals surface area contributed by atoms with Gasteiger partial charge in [-0.3, -0.25) is 9.59 Å². The quantitative estimate of drug-likeness (QED) is 0.767. The van der Waals surface area contributed by atoms with Crippen molar-refractivity contribution in [3.05, 3.63) is 0 Å². The number of amides is 2. The molecule has 25 heavy (non-hydrogen) atoms. The van der Waals surface area contributed by atoms with Crippen LogP contribution < -0.4 is 5.32 Å². The molecule has 0 radical (unpaired) electrons. The number of carbonyl (C=O) groups is 2. The summed E-state index contributed by atoms with van der Waals surface area (Å²) < 4.78 is 0. The van der Waals surface area contributed by atoms with E-state index in [1.54, 1.807) is 0 Å². The third-order valence-electron chi connectivity index (χ3n) is 5.74. The Morgan fingerprint density at radius 2 is 1.72 bits per heavy atom. The molecule has 1 heterocycles. The first kappa shape index (κ1) is 20.2. The van der Waals surface area contributed by atoms with Gasteiger partial charge < -0.3 is 15.1 Å². The van der Waals surface area contributed by atoms with Gasteiger partial charge in [0, 0.05) is 38.5 Å². The highest BCUT2D eigenvalue weighted by atomic mass is 16.2. The van der Waals surface area contributed by atoms with E-state index in [4.69, 9.17) is 0 Å². The summed E-state index contributed by atoms with van der Waals surface area (Å²) in [6.45, 7) is 5.81. The molecule has 0 spiro atoms. The van der Waals surface area contributed by atoms with Gasteiger partial charge >= 0.3 is 0 Å². The lowest BCUT2D eigenvalue weighted by molar-refractivity contribution is -0.134. The van der Waals surface area contributed by atoms with Gasteiger partial charge in [0.2, 0.25) is 11.8 Å². The zero-order valence-corrected chi connectivity index (χ0v) is 16.3. The lowest BCUT2D eigenvalue weighted by atomic mass is 9.96. The normalized spacial score (nSPS) is 23.0. The molecular formula is C20H37N3O2. The lowest BCUT2D eigenvalue weighted by Crippen LogP contribution is -2.38. The van der Waals surface area contributed by atoms with Crippen LogP contribution in [0.2, 0.25) is 0 Å². The smallest absolute Gasteiger partial charge is 0.223 e. The van der Waals surface area contributed by atoms with Crippen molar-refractivity contribution in [3.8, 4) is 0 Å². The molecule has 0 aromatic heterocycles.